The van der Waals surface area contributed by atoms with Gasteiger partial charge in [0.25, 0.3) is 0 Å². The highest BCUT2D eigenvalue weighted by Gasteiger charge is 2.39. The minimum atomic E-state index is -0.0194. The zero-order valence-electron chi connectivity index (χ0n) is 10.6. The van der Waals surface area contributed by atoms with Crippen molar-refractivity contribution in [2.75, 3.05) is 26.3 Å². The molecule has 1 saturated carbocycles. The maximum absolute atomic E-state index is 11.5. The predicted molar refractivity (Wildman–Crippen MR) is 64.5 cm³/mol. The highest BCUT2D eigenvalue weighted by molar-refractivity contribution is 5.73. The number of hydrogen-bond donors (Lipinski definition) is 1. The molecule has 98 valence electrons. The summed E-state index contributed by atoms with van der Waals surface area (Å²) in [5.41, 5.74) is 0. The van der Waals surface area contributed by atoms with Crippen molar-refractivity contribution in [2.24, 2.45) is 11.8 Å². The first kappa shape index (κ1) is 12.8. The van der Waals surface area contributed by atoms with E-state index in [1.807, 2.05) is 6.92 Å². The molecule has 1 aliphatic carbocycles. The summed E-state index contributed by atoms with van der Waals surface area (Å²) in [6.45, 7) is 4.82. The van der Waals surface area contributed by atoms with Crippen LogP contribution in [0.25, 0.3) is 0 Å². The van der Waals surface area contributed by atoms with E-state index in [9.17, 15) is 4.79 Å². The molecule has 0 atom stereocenters. The summed E-state index contributed by atoms with van der Waals surface area (Å²) >= 11 is 0. The van der Waals surface area contributed by atoms with Crippen LogP contribution in [0.5, 0.6) is 0 Å². The van der Waals surface area contributed by atoms with Crippen molar-refractivity contribution in [3.05, 3.63) is 0 Å². The van der Waals surface area contributed by atoms with Crippen LogP contribution in [0.3, 0.4) is 0 Å². The van der Waals surface area contributed by atoms with Crippen molar-refractivity contribution in [2.45, 2.75) is 38.6 Å². The molecule has 1 N–H and O–H groups in total. The van der Waals surface area contributed by atoms with Crippen LogP contribution >= 0.6 is 0 Å². The van der Waals surface area contributed by atoms with Crippen LogP contribution in [0, 0.1) is 11.8 Å². The van der Waals surface area contributed by atoms with E-state index < -0.39 is 0 Å². The molecule has 0 radical (unpaired) electrons. The molecule has 4 nitrogen and oxygen atoms in total. The second-order valence-electron chi connectivity index (χ2n) is 5.24. The number of aliphatic hydroxyl groups excluding tert-OH is 1. The Morgan fingerprint density at radius 3 is 2.53 bits per heavy atom. The Hall–Kier alpha value is -0.610. The second kappa shape index (κ2) is 5.83. The molecule has 2 aliphatic rings. The monoisotopic (exact) mass is 241 g/mol. The Bertz CT molecular complexity index is 255. The molecule has 2 rings (SSSR count). The van der Waals surface area contributed by atoms with Gasteiger partial charge in [-0.3, -0.25) is 4.79 Å². The van der Waals surface area contributed by atoms with E-state index in [1.165, 1.54) is 0 Å². The molecule has 0 amide bonds. The van der Waals surface area contributed by atoms with Crippen molar-refractivity contribution < 1.29 is 14.6 Å². The molecule has 17 heavy (non-hydrogen) atoms. The van der Waals surface area contributed by atoms with Gasteiger partial charge in [-0.25, -0.2) is 0 Å². The number of ether oxygens (including phenoxy) is 1. The van der Waals surface area contributed by atoms with Gasteiger partial charge >= 0.3 is 5.97 Å². The van der Waals surface area contributed by atoms with Crippen molar-refractivity contribution in [3.8, 4) is 0 Å². The third kappa shape index (κ3) is 2.99. The third-order valence-corrected chi connectivity index (χ3v) is 4.16. The van der Waals surface area contributed by atoms with E-state index in [0.29, 0.717) is 25.2 Å². The molecule has 2 fully saturated rings. The number of hydrogen-bond acceptors (Lipinski definition) is 4. The van der Waals surface area contributed by atoms with Gasteiger partial charge in [-0.1, -0.05) is 0 Å². The van der Waals surface area contributed by atoms with Crippen LogP contribution in [0.1, 0.15) is 32.6 Å². The number of carbonyl (C=O) groups excluding carboxylic acids is 1. The predicted octanol–water partition coefficient (Wildman–Crippen LogP) is 1.03. The quantitative estimate of drug-likeness (QED) is 0.747. The Labute approximate surface area is 103 Å². The van der Waals surface area contributed by atoms with Gasteiger partial charge in [0.15, 0.2) is 0 Å². The lowest BCUT2D eigenvalue weighted by atomic mass is 9.78. The molecule has 0 aromatic heterocycles. The normalized spacial score (nSPS) is 30.9. The van der Waals surface area contributed by atoms with Crippen molar-refractivity contribution in [1.82, 2.24) is 4.90 Å². The molecular weight excluding hydrogens is 218 g/mol. The summed E-state index contributed by atoms with van der Waals surface area (Å²) in [6, 6.07) is 0.573. The average molecular weight is 241 g/mol. The van der Waals surface area contributed by atoms with Gasteiger partial charge in [-0.2, -0.15) is 0 Å². The van der Waals surface area contributed by atoms with Gasteiger partial charge in [0.1, 0.15) is 0 Å². The number of rotatable bonds is 4. The Morgan fingerprint density at radius 2 is 2.00 bits per heavy atom. The lowest BCUT2D eigenvalue weighted by Crippen LogP contribution is -2.50. The summed E-state index contributed by atoms with van der Waals surface area (Å²) in [7, 11) is 0. The topological polar surface area (TPSA) is 49.8 Å². The zero-order valence-corrected chi connectivity index (χ0v) is 10.6. The van der Waals surface area contributed by atoms with Gasteiger partial charge in [0, 0.05) is 12.6 Å². The average Bonchev–Trinajstić information content (AvgIpc) is 2.28. The SMILES string of the molecule is CCOC(=O)C1CC(N2CCC(CO)CC2)C1. The van der Waals surface area contributed by atoms with Gasteiger partial charge in [-0.15, -0.1) is 0 Å². The molecule has 0 unspecified atom stereocenters. The van der Waals surface area contributed by atoms with E-state index in [1.54, 1.807) is 0 Å². The number of carbonyl (C=O) groups is 1. The van der Waals surface area contributed by atoms with E-state index in [-0.39, 0.29) is 11.9 Å². The Balaban J connectivity index is 1.68. The smallest absolute Gasteiger partial charge is 0.309 e. The maximum Gasteiger partial charge on any atom is 0.309 e. The second-order valence-corrected chi connectivity index (χ2v) is 5.24. The fourth-order valence-electron chi connectivity index (χ4n) is 2.84. The number of esters is 1. The molecule has 1 aliphatic heterocycles. The van der Waals surface area contributed by atoms with E-state index in [4.69, 9.17) is 9.84 Å². The summed E-state index contributed by atoms with van der Waals surface area (Å²) in [5.74, 6) is 0.608. The first-order chi connectivity index (χ1) is 8.24. The van der Waals surface area contributed by atoms with Crippen LogP contribution in [0.4, 0.5) is 0 Å². The highest BCUT2D eigenvalue weighted by atomic mass is 16.5. The first-order valence-electron chi connectivity index (χ1n) is 6.76. The lowest BCUT2D eigenvalue weighted by molar-refractivity contribution is -0.153. The zero-order chi connectivity index (χ0) is 12.3. The summed E-state index contributed by atoms with van der Waals surface area (Å²) in [4.78, 5) is 14.0. The number of piperidine rings is 1. The fourth-order valence-corrected chi connectivity index (χ4v) is 2.84. The van der Waals surface area contributed by atoms with Crippen LogP contribution < -0.4 is 0 Å². The van der Waals surface area contributed by atoms with Crippen LogP contribution in [0.15, 0.2) is 0 Å². The summed E-state index contributed by atoms with van der Waals surface area (Å²) < 4.78 is 5.03. The first-order valence-corrected chi connectivity index (χ1v) is 6.76. The van der Waals surface area contributed by atoms with Crippen LogP contribution in [0.2, 0.25) is 0 Å². The largest absolute Gasteiger partial charge is 0.466 e. The summed E-state index contributed by atoms with van der Waals surface area (Å²) in [5, 5.41) is 9.08. The molecule has 1 heterocycles. The van der Waals surface area contributed by atoms with Crippen LogP contribution in [-0.4, -0.2) is 48.3 Å². The highest BCUT2D eigenvalue weighted by Crippen LogP contribution is 2.34. The molecule has 4 heteroatoms. The molecule has 0 aromatic carbocycles. The summed E-state index contributed by atoms with van der Waals surface area (Å²) in [6.07, 6.45) is 4.11. The number of nitrogens with zero attached hydrogens (tertiary/aromatic N) is 1. The third-order valence-electron chi connectivity index (χ3n) is 4.16. The van der Waals surface area contributed by atoms with Crippen molar-refractivity contribution in [1.29, 1.82) is 0 Å². The number of aliphatic hydroxyl groups is 1. The number of likely N-dealkylation sites (tertiary alicyclic amines) is 1. The van der Waals surface area contributed by atoms with Crippen molar-refractivity contribution >= 4 is 5.97 Å². The molecule has 0 aromatic rings. The van der Waals surface area contributed by atoms with E-state index in [2.05, 4.69) is 4.90 Å². The molecule has 0 bridgehead atoms. The molecule has 0 spiro atoms. The standard InChI is InChI=1S/C13H23NO3/c1-2-17-13(16)11-7-12(8-11)14-5-3-10(9-15)4-6-14/h10-12,15H,2-9H2,1H3. The minimum Gasteiger partial charge on any atom is -0.466 e. The Morgan fingerprint density at radius 1 is 1.35 bits per heavy atom. The van der Waals surface area contributed by atoms with Crippen molar-refractivity contribution in [3.63, 3.8) is 0 Å². The Kier molecular flexibility index (Phi) is 4.40. The van der Waals surface area contributed by atoms with Gasteiger partial charge < -0.3 is 14.7 Å². The minimum absolute atomic E-state index is 0.0194. The molecule has 1 saturated heterocycles. The van der Waals surface area contributed by atoms with Gasteiger partial charge in [-0.05, 0) is 51.6 Å². The van der Waals surface area contributed by atoms with Gasteiger partial charge in [0.05, 0.1) is 12.5 Å². The lowest BCUT2D eigenvalue weighted by Gasteiger charge is -2.44. The van der Waals surface area contributed by atoms with E-state index >= 15 is 0 Å². The fraction of sp³-hybridized carbons (Fsp3) is 0.923. The molecular formula is C13H23NO3. The van der Waals surface area contributed by atoms with E-state index in [0.717, 1.165) is 38.8 Å². The van der Waals surface area contributed by atoms with Gasteiger partial charge in [0.2, 0.25) is 0 Å². The van der Waals surface area contributed by atoms with Crippen LogP contribution in [-0.2, 0) is 9.53 Å². The maximum atomic E-state index is 11.5.